The number of amides is 1. The van der Waals surface area contributed by atoms with E-state index in [1.54, 1.807) is 0 Å². The molecular weight excluding hydrogens is 279 g/mol. The van der Waals surface area contributed by atoms with Gasteiger partial charge in [-0.2, -0.15) is 0 Å². The maximum Gasteiger partial charge on any atom is 0.251 e. The molecule has 3 nitrogen and oxygen atoms in total. The first-order chi connectivity index (χ1) is 9.58. The van der Waals surface area contributed by atoms with Gasteiger partial charge in [0.15, 0.2) is 0 Å². The molecule has 0 saturated heterocycles. The molecule has 104 valence electrons. The number of rotatable bonds is 4. The van der Waals surface area contributed by atoms with Crippen LogP contribution in [0.5, 0.6) is 0 Å². The number of hydrogen-bond donors (Lipinski definition) is 2. The van der Waals surface area contributed by atoms with Crippen molar-refractivity contribution in [3.8, 4) is 0 Å². The van der Waals surface area contributed by atoms with Crippen molar-refractivity contribution in [2.75, 3.05) is 6.54 Å². The summed E-state index contributed by atoms with van der Waals surface area (Å²) < 4.78 is 13.0. The quantitative estimate of drug-likeness (QED) is 0.910. The Morgan fingerprint density at radius 3 is 2.60 bits per heavy atom. The zero-order valence-electron chi connectivity index (χ0n) is 10.6. The Hall–Kier alpha value is -1.91. The monoisotopic (exact) mass is 292 g/mol. The van der Waals surface area contributed by atoms with Crippen LogP contribution in [0.2, 0.25) is 5.02 Å². The van der Waals surface area contributed by atoms with Crippen molar-refractivity contribution in [3.05, 3.63) is 70.5 Å². The number of carbonyl (C=O) groups is 1. The first-order valence-corrected chi connectivity index (χ1v) is 6.49. The molecule has 0 bridgehead atoms. The summed E-state index contributed by atoms with van der Waals surface area (Å²) in [5.74, 6) is -0.887. The highest BCUT2D eigenvalue weighted by molar-refractivity contribution is 6.31. The topological polar surface area (TPSA) is 55.1 Å². The zero-order chi connectivity index (χ0) is 14.5. The first kappa shape index (κ1) is 14.5. The number of benzene rings is 2. The molecule has 0 fully saturated rings. The predicted molar refractivity (Wildman–Crippen MR) is 77.1 cm³/mol. The molecule has 2 rings (SSSR count). The van der Waals surface area contributed by atoms with Gasteiger partial charge in [-0.25, -0.2) is 4.39 Å². The average Bonchev–Trinajstić information content (AvgIpc) is 2.48. The zero-order valence-corrected chi connectivity index (χ0v) is 11.4. The molecular formula is C15H14ClFN2O. The maximum absolute atomic E-state index is 13.0. The van der Waals surface area contributed by atoms with Crippen LogP contribution in [0.25, 0.3) is 0 Å². The van der Waals surface area contributed by atoms with Gasteiger partial charge < -0.3 is 11.1 Å². The molecule has 1 unspecified atom stereocenters. The molecule has 0 aromatic heterocycles. The van der Waals surface area contributed by atoms with E-state index in [0.29, 0.717) is 5.56 Å². The van der Waals surface area contributed by atoms with E-state index in [1.807, 2.05) is 30.3 Å². The molecule has 2 aromatic rings. The van der Waals surface area contributed by atoms with Crippen LogP contribution >= 0.6 is 11.6 Å². The summed E-state index contributed by atoms with van der Waals surface area (Å²) in [6, 6.07) is 13.0. The van der Waals surface area contributed by atoms with Gasteiger partial charge in [0.2, 0.25) is 0 Å². The second-order valence-corrected chi connectivity index (χ2v) is 4.76. The van der Waals surface area contributed by atoms with Crippen molar-refractivity contribution >= 4 is 17.5 Å². The SMILES string of the molecule is NC(CNC(=O)c1ccc(F)c(Cl)c1)c1ccccc1. The van der Waals surface area contributed by atoms with Crippen molar-refractivity contribution in [2.24, 2.45) is 5.73 Å². The Labute approximate surface area is 121 Å². The Kier molecular flexibility index (Phi) is 4.71. The third kappa shape index (κ3) is 3.56. The Morgan fingerprint density at radius 1 is 1.25 bits per heavy atom. The summed E-state index contributed by atoms with van der Waals surface area (Å²) in [5.41, 5.74) is 7.21. The van der Waals surface area contributed by atoms with Crippen LogP contribution in [-0.2, 0) is 0 Å². The minimum Gasteiger partial charge on any atom is -0.350 e. The lowest BCUT2D eigenvalue weighted by Gasteiger charge is -2.13. The van der Waals surface area contributed by atoms with Crippen LogP contribution in [0.3, 0.4) is 0 Å². The largest absolute Gasteiger partial charge is 0.350 e. The van der Waals surface area contributed by atoms with E-state index in [9.17, 15) is 9.18 Å². The molecule has 0 saturated carbocycles. The Morgan fingerprint density at radius 2 is 1.95 bits per heavy atom. The van der Waals surface area contributed by atoms with Gasteiger partial charge in [0.25, 0.3) is 5.91 Å². The van der Waals surface area contributed by atoms with Crippen LogP contribution in [0, 0.1) is 5.82 Å². The Balaban J connectivity index is 1.97. The molecule has 1 amide bonds. The highest BCUT2D eigenvalue weighted by atomic mass is 35.5. The molecule has 5 heteroatoms. The van der Waals surface area contributed by atoms with Crippen molar-refractivity contribution in [1.29, 1.82) is 0 Å². The normalized spacial score (nSPS) is 11.9. The minimum atomic E-state index is -0.552. The molecule has 0 spiro atoms. The maximum atomic E-state index is 13.0. The summed E-state index contributed by atoms with van der Waals surface area (Å²) >= 11 is 5.64. The molecule has 2 aromatic carbocycles. The van der Waals surface area contributed by atoms with E-state index in [4.69, 9.17) is 17.3 Å². The van der Waals surface area contributed by atoms with E-state index >= 15 is 0 Å². The van der Waals surface area contributed by atoms with Crippen LogP contribution in [0.4, 0.5) is 4.39 Å². The smallest absolute Gasteiger partial charge is 0.251 e. The second kappa shape index (κ2) is 6.50. The lowest BCUT2D eigenvalue weighted by Crippen LogP contribution is -2.31. The van der Waals surface area contributed by atoms with Gasteiger partial charge in [-0.05, 0) is 23.8 Å². The summed E-state index contributed by atoms with van der Waals surface area (Å²) in [4.78, 5) is 11.9. The Bertz CT molecular complexity index is 604. The number of halogens is 2. The van der Waals surface area contributed by atoms with E-state index in [-0.39, 0.29) is 23.5 Å². The highest BCUT2D eigenvalue weighted by Gasteiger charge is 2.11. The average molecular weight is 293 g/mol. The van der Waals surface area contributed by atoms with Crippen molar-refractivity contribution in [3.63, 3.8) is 0 Å². The van der Waals surface area contributed by atoms with Crippen molar-refractivity contribution < 1.29 is 9.18 Å². The number of nitrogens with two attached hydrogens (primary N) is 1. The van der Waals surface area contributed by atoms with E-state index in [0.717, 1.165) is 11.6 Å². The highest BCUT2D eigenvalue weighted by Crippen LogP contribution is 2.16. The van der Waals surface area contributed by atoms with Crippen LogP contribution in [0.15, 0.2) is 48.5 Å². The second-order valence-electron chi connectivity index (χ2n) is 4.36. The van der Waals surface area contributed by atoms with Gasteiger partial charge in [-0.15, -0.1) is 0 Å². The summed E-state index contributed by atoms with van der Waals surface area (Å²) in [5, 5.41) is 2.62. The fourth-order valence-corrected chi connectivity index (χ4v) is 1.94. The molecule has 1 atom stereocenters. The third-order valence-corrected chi connectivity index (χ3v) is 3.18. The summed E-state index contributed by atoms with van der Waals surface area (Å²) in [7, 11) is 0. The molecule has 3 N–H and O–H groups in total. The molecule has 0 radical (unpaired) electrons. The summed E-state index contributed by atoms with van der Waals surface area (Å²) in [6.07, 6.45) is 0. The standard InChI is InChI=1S/C15H14ClFN2O/c16-12-8-11(6-7-13(12)17)15(20)19-9-14(18)10-4-2-1-3-5-10/h1-8,14H,9,18H2,(H,19,20). The molecule has 20 heavy (non-hydrogen) atoms. The summed E-state index contributed by atoms with van der Waals surface area (Å²) in [6.45, 7) is 0.290. The lowest BCUT2D eigenvalue weighted by molar-refractivity contribution is 0.0951. The van der Waals surface area contributed by atoms with E-state index in [1.165, 1.54) is 12.1 Å². The van der Waals surface area contributed by atoms with E-state index in [2.05, 4.69) is 5.32 Å². The molecule has 0 aliphatic heterocycles. The van der Waals surface area contributed by atoms with Crippen LogP contribution < -0.4 is 11.1 Å². The van der Waals surface area contributed by atoms with Gasteiger partial charge in [-0.1, -0.05) is 41.9 Å². The van der Waals surface area contributed by atoms with Gasteiger partial charge >= 0.3 is 0 Å². The van der Waals surface area contributed by atoms with Gasteiger partial charge in [0, 0.05) is 18.2 Å². The number of nitrogens with one attached hydrogen (secondary N) is 1. The number of carbonyl (C=O) groups excluding carboxylic acids is 1. The predicted octanol–water partition coefficient (Wildman–Crippen LogP) is 2.91. The lowest BCUT2D eigenvalue weighted by atomic mass is 10.1. The van der Waals surface area contributed by atoms with Crippen molar-refractivity contribution in [2.45, 2.75) is 6.04 Å². The van der Waals surface area contributed by atoms with Crippen LogP contribution in [0.1, 0.15) is 22.0 Å². The van der Waals surface area contributed by atoms with Crippen molar-refractivity contribution in [1.82, 2.24) is 5.32 Å². The minimum absolute atomic E-state index is 0.0787. The van der Waals surface area contributed by atoms with Crippen LogP contribution in [-0.4, -0.2) is 12.5 Å². The van der Waals surface area contributed by atoms with Gasteiger partial charge in [0.1, 0.15) is 5.82 Å². The van der Waals surface area contributed by atoms with E-state index < -0.39 is 5.82 Å². The third-order valence-electron chi connectivity index (χ3n) is 2.89. The fourth-order valence-electron chi connectivity index (χ4n) is 1.76. The molecule has 0 heterocycles. The first-order valence-electron chi connectivity index (χ1n) is 6.11. The molecule has 0 aliphatic carbocycles. The van der Waals surface area contributed by atoms with Gasteiger partial charge in [0.05, 0.1) is 5.02 Å². The fraction of sp³-hybridized carbons (Fsp3) is 0.133. The number of hydrogen-bond acceptors (Lipinski definition) is 2. The van der Waals surface area contributed by atoms with Gasteiger partial charge in [-0.3, -0.25) is 4.79 Å². The molecule has 0 aliphatic rings.